The number of nitrogens with zero attached hydrogens (tertiary/aromatic N) is 4. The van der Waals surface area contributed by atoms with Gasteiger partial charge in [-0.3, -0.25) is 9.55 Å². The van der Waals surface area contributed by atoms with Crippen LogP contribution in [-0.4, -0.2) is 25.5 Å². The van der Waals surface area contributed by atoms with Gasteiger partial charge in [-0.05, 0) is 36.8 Å². The number of hydrogen-bond donors (Lipinski definition) is 0. The highest BCUT2D eigenvalue weighted by Gasteiger charge is 2.16. The summed E-state index contributed by atoms with van der Waals surface area (Å²) in [6.07, 6.45) is 4.56. The van der Waals surface area contributed by atoms with Crippen LogP contribution >= 0.6 is 35.0 Å². The zero-order chi connectivity index (χ0) is 16.2. The number of hydrogen-bond acceptors (Lipinski definition) is 4. The van der Waals surface area contributed by atoms with E-state index in [4.69, 9.17) is 23.2 Å². The monoisotopic (exact) mass is 364 g/mol. The summed E-state index contributed by atoms with van der Waals surface area (Å²) in [4.78, 5) is 4.16. The van der Waals surface area contributed by atoms with Gasteiger partial charge in [0.05, 0.1) is 15.7 Å². The lowest BCUT2D eigenvalue weighted by atomic mass is 10.2. The van der Waals surface area contributed by atoms with E-state index in [0.29, 0.717) is 10.0 Å². The van der Waals surface area contributed by atoms with Crippen molar-refractivity contribution in [1.82, 2.24) is 19.7 Å². The molecule has 0 spiro atoms. The van der Waals surface area contributed by atoms with Crippen LogP contribution in [0.2, 0.25) is 10.0 Å². The van der Waals surface area contributed by atoms with Gasteiger partial charge in [-0.25, -0.2) is 0 Å². The Labute approximate surface area is 148 Å². The van der Waals surface area contributed by atoms with E-state index in [1.54, 1.807) is 30.2 Å². The Morgan fingerprint density at radius 2 is 2.00 bits per heavy atom. The molecule has 0 N–H and O–H groups in total. The minimum atomic E-state index is 0.501. The van der Waals surface area contributed by atoms with Crippen molar-refractivity contribution in [3.8, 4) is 17.1 Å². The van der Waals surface area contributed by atoms with Crippen LogP contribution in [0.4, 0.5) is 0 Å². The van der Waals surface area contributed by atoms with E-state index in [9.17, 15) is 0 Å². The second-order valence-electron chi connectivity index (χ2n) is 4.83. The number of pyridine rings is 1. The van der Waals surface area contributed by atoms with Gasteiger partial charge < -0.3 is 0 Å². The maximum atomic E-state index is 6.18. The highest BCUT2D eigenvalue weighted by Crippen LogP contribution is 2.31. The van der Waals surface area contributed by atoms with Gasteiger partial charge in [-0.2, -0.15) is 0 Å². The van der Waals surface area contributed by atoms with Crippen molar-refractivity contribution in [1.29, 1.82) is 0 Å². The van der Waals surface area contributed by atoms with Crippen molar-refractivity contribution < 1.29 is 0 Å². The Bertz CT molecular complexity index is 805. The molecule has 0 unspecified atom stereocenters. The predicted molar refractivity (Wildman–Crippen MR) is 95.6 cm³/mol. The van der Waals surface area contributed by atoms with Crippen LogP contribution < -0.4 is 0 Å². The van der Waals surface area contributed by atoms with E-state index in [2.05, 4.69) is 22.1 Å². The van der Waals surface area contributed by atoms with Crippen molar-refractivity contribution in [2.24, 2.45) is 0 Å². The second kappa shape index (κ2) is 7.34. The molecule has 2 heterocycles. The lowest BCUT2D eigenvalue weighted by molar-refractivity contribution is 0.884. The average Bonchev–Trinajstić information content (AvgIpc) is 3.00. The van der Waals surface area contributed by atoms with Gasteiger partial charge in [0.2, 0.25) is 0 Å². The van der Waals surface area contributed by atoms with Gasteiger partial charge in [-0.1, -0.05) is 41.9 Å². The molecule has 23 heavy (non-hydrogen) atoms. The van der Waals surface area contributed by atoms with Gasteiger partial charge in [0, 0.05) is 23.7 Å². The maximum Gasteiger partial charge on any atom is 0.196 e. The molecule has 0 radical (unpaired) electrons. The Hall–Kier alpha value is -1.56. The largest absolute Gasteiger partial charge is 0.270 e. The first kappa shape index (κ1) is 16.3. The summed E-state index contributed by atoms with van der Waals surface area (Å²) in [5.74, 6) is 1.70. The van der Waals surface area contributed by atoms with E-state index in [1.807, 2.05) is 28.8 Å². The molecule has 3 rings (SSSR count). The van der Waals surface area contributed by atoms with Crippen LogP contribution in [0.25, 0.3) is 17.1 Å². The van der Waals surface area contributed by atoms with E-state index >= 15 is 0 Å². The van der Waals surface area contributed by atoms with E-state index < -0.39 is 0 Å². The molecule has 3 aromatic rings. The van der Waals surface area contributed by atoms with Crippen LogP contribution in [0.5, 0.6) is 0 Å². The van der Waals surface area contributed by atoms with E-state index in [1.165, 1.54) is 0 Å². The fourth-order valence-corrected chi connectivity index (χ4v) is 3.19. The van der Waals surface area contributed by atoms with Crippen LogP contribution in [0.15, 0.2) is 47.9 Å². The molecular weight excluding hydrogens is 351 g/mol. The molecular formula is C16H14Cl2N4S. The highest BCUT2D eigenvalue weighted by atomic mass is 35.5. The van der Waals surface area contributed by atoms with Crippen molar-refractivity contribution in [3.05, 3.63) is 52.8 Å². The fraction of sp³-hybridized carbons (Fsp3) is 0.188. The topological polar surface area (TPSA) is 43.6 Å². The first-order valence-corrected chi connectivity index (χ1v) is 8.89. The molecule has 2 aromatic heterocycles. The molecule has 0 atom stereocenters. The number of halogens is 2. The zero-order valence-corrected chi connectivity index (χ0v) is 14.7. The number of benzene rings is 1. The summed E-state index contributed by atoms with van der Waals surface area (Å²) in [5.41, 5.74) is 1.77. The highest BCUT2D eigenvalue weighted by molar-refractivity contribution is 7.99. The Morgan fingerprint density at radius 1 is 1.13 bits per heavy atom. The van der Waals surface area contributed by atoms with Gasteiger partial charge >= 0.3 is 0 Å². The third-order valence-corrected chi connectivity index (χ3v) is 5.02. The maximum absolute atomic E-state index is 6.18. The molecule has 7 heteroatoms. The van der Waals surface area contributed by atoms with Crippen molar-refractivity contribution in [2.75, 3.05) is 5.75 Å². The van der Waals surface area contributed by atoms with Crippen LogP contribution in [0.1, 0.15) is 13.3 Å². The minimum absolute atomic E-state index is 0.501. The Kier molecular flexibility index (Phi) is 5.20. The Morgan fingerprint density at radius 3 is 2.70 bits per heavy atom. The summed E-state index contributed by atoms with van der Waals surface area (Å²) in [7, 11) is 0. The van der Waals surface area contributed by atoms with E-state index in [0.717, 1.165) is 34.4 Å². The SMILES string of the molecule is CCCSc1nnc(-c2cccnc2)n1-c1ccc(Cl)c(Cl)c1. The summed E-state index contributed by atoms with van der Waals surface area (Å²) in [5, 5.41) is 10.5. The van der Waals surface area contributed by atoms with Gasteiger partial charge in [-0.15, -0.1) is 10.2 Å². The van der Waals surface area contributed by atoms with Gasteiger partial charge in [0.25, 0.3) is 0 Å². The smallest absolute Gasteiger partial charge is 0.196 e. The summed E-state index contributed by atoms with van der Waals surface area (Å²) >= 11 is 13.9. The molecule has 0 bridgehead atoms. The van der Waals surface area contributed by atoms with Crippen molar-refractivity contribution in [3.63, 3.8) is 0 Å². The summed E-state index contributed by atoms with van der Waals surface area (Å²) in [6, 6.07) is 9.35. The molecule has 0 fully saturated rings. The standard InChI is InChI=1S/C16H14Cl2N4S/c1-2-8-23-16-21-20-15(11-4-3-7-19-10-11)22(16)12-5-6-13(17)14(18)9-12/h3-7,9-10H,2,8H2,1H3. The van der Waals surface area contributed by atoms with E-state index in [-0.39, 0.29) is 0 Å². The quantitative estimate of drug-likeness (QED) is 0.588. The molecule has 0 amide bonds. The first-order valence-electron chi connectivity index (χ1n) is 7.14. The summed E-state index contributed by atoms with van der Waals surface area (Å²) < 4.78 is 1.99. The third kappa shape index (κ3) is 3.52. The molecule has 0 aliphatic carbocycles. The molecule has 1 aromatic carbocycles. The Balaban J connectivity index is 2.14. The lowest BCUT2D eigenvalue weighted by Gasteiger charge is -2.11. The predicted octanol–water partition coefficient (Wildman–Crippen LogP) is 5.14. The van der Waals surface area contributed by atoms with Crippen LogP contribution in [0, 0.1) is 0 Å². The van der Waals surface area contributed by atoms with Crippen LogP contribution in [-0.2, 0) is 0 Å². The third-order valence-electron chi connectivity index (χ3n) is 3.15. The molecule has 0 saturated carbocycles. The number of aromatic nitrogens is 4. The molecule has 118 valence electrons. The molecule has 0 aliphatic heterocycles. The zero-order valence-electron chi connectivity index (χ0n) is 12.4. The summed E-state index contributed by atoms with van der Waals surface area (Å²) in [6.45, 7) is 2.13. The lowest BCUT2D eigenvalue weighted by Crippen LogP contribution is -2.00. The van der Waals surface area contributed by atoms with Crippen LogP contribution in [0.3, 0.4) is 0 Å². The number of rotatable bonds is 5. The van der Waals surface area contributed by atoms with Crippen molar-refractivity contribution in [2.45, 2.75) is 18.5 Å². The normalized spacial score (nSPS) is 10.9. The van der Waals surface area contributed by atoms with Gasteiger partial charge in [0.15, 0.2) is 11.0 Å². The molecule has 0 saturated heterocycles. The molecule has 4 nitrogen and oxygen atoms in total. The fourth-order valence-electron chi connectivity index (χ4n) is 2.10. The van der Waals surface area contributed by atoms with Gasteiger partial charge in [0.1, 0.15) is 0 Å². The minimum Gasteiger partial charge on any atom is -0.270 e. The average molecular weight is 365 g/mol. The van der Waals surface area contributed by atoms with Crippen molar-refractivity contribution >= 4 is 35.0 Å². The number of thioether (sulfide) groups is 1. The molecule has 0 aliphatic rings. The second-order valence-corrected chi connectivity index (χ2v) is 6.71. The first-order chi connectivity index (χ1) is 11.2.